The number of para-hydroxylation sites is 1. The molecular weight excluding hydrogens is 554 g/mol. The van der Waals surface area contributed by atoms with E-state index in [2.05, 4.69) is 10.6 Å². The standard InChI is InChI=1S/C30H39N7O6/c1-7-8-16-36-24-25(33-27(36)35-15-11-12-20(17-35)32-28(41)43-30(3,4)5)34(6)29(42)37(26(24)40)18-23(39)21-13-9-10-14-22(21)31-19(2)38/h7-10,13-14,20H,11-12,15-18H2,1-6H3,(H,31,38)(H,32,41)/b8-7+/t20-/m0/s1. The molecule has 2 amide bonds. The van der Waals surface area contributed by atoms with Crippen LogP contribution >= 0.6 is 0 Å². The Bertz CT molecular complexity index is 1690. The van der Waals surface area contributed by atoms with Gasteiger partial charge in [0, 0.05) is 45.2 Å². The number of rotatable bonds is 8. The van der Waals surface area contributed by atoms with Crippen LogP contribution < -0.4 is 26.8 Å². The molecular formula is C30H39N7O6. The van der Waals surface area contributed by atoms with Gasteiger partial charge in [0.2, 0.25) is 11.9 Å². The SMILES string of the molecule is C/C=C/Cn1c(N2CCC[C@H](NC(=O)OC(C)(C)C)C2)nc2c1c(=O)n(CC(=O)c1ccccc1NC(C)=O)c(=O)n2C. The number of allylic oxidation sites excluding steroid dienone is 2. The van der Waals surface area contributed by atoms with Crippen molar-refractivity contribution in [3.63, 3.8) is 0 Å². The van der Waals surface area contributed by atoms with Crippen LogP contribution in [0.2, 0.25) is 0 Å². The molecule has 13 nitrogen and oxygen atoms in total. The van der Waals surface area contributed by atoms with E-state index in [4.69, 9.17) is 9.72 Å². The van der Waals surface area contributed by atoms with Gasteiger partial charge in [-0.25, -0.2) is 9.59 Å². The maximum atomic E-state index is 13.9. The molecule has 1 aliphatic rings. The van der Waals surface area contributed by atoms with Crippen LogP contribution in [-0.4, -0.2) is 61.2 Å². The van der Waals surface area contributed by atoms with E-state index >= 15 is 0 Å². The van der Waals surface area contributed by atoms with Crippen LogP contribution in [0.5, 0.6) is 0 Å². The molecule has 0 saturated carbocycles. The number of nitrogens with zero attached hydrogens (tertiary/aromatic N) is 5. The molecule has 43 heavy (non-hydrogen) atoms. The number of aromatic nitrogens is 4. The monoisotopic (exact) mass is 593 g/mol. The average molecular weight is 594 g/mol. The number of nitrogens with one attached hydrogen (secondary N) is 2. The summed E-state index contributed by atoms with van der Waals surface area (Å²) in [6.07, 6.45) is 4.73. The van der Waals surface area contributed by atoms with Crippen molar-refractivity contribution in [3.8, 4) is 0 Å². The Morgan fingerprint density at radius 3 is 2.53 bits per heavy atom. The molecule has 3 heterocycles. The van der Waals surface area contributed by atoms with Gasteiger partial charge in [-0.3, -0.25) is 23.5 Å². The van der Waals surface area contributed by atoms with E-state index in [9.17, 15) is 24.0 Å². The number of hydrogen-bond acceptors (Lipinski definition) is 8. The Kier molecular flexibility index (Phi) is 9.22. The first-order chi connectivity index (χ1) is 20.3. The molecule has 230 valence electrons. The molecule has 0 spiro atoms. The number of imidazole rings is 1. The van der Waals surface area contributed by atoms with Gasteiger partial charge < -0.3 is 24.8 Å². The number of fused-ring (bicyclic) bond motifs is 1. The number of piperidine rings is 1. The fourth-order valence-corrected chi connectivity index (χ4v) is 5.13. The molecule has 0 radical (unpaired) electrons. The summed E-state index contributed by atoms with van der Waals surface area (Å²) in [6, 6.07) is 6.23. The van der Waals surface area contributed by atoms with Gasteiger partial charge in [0.15, 0.2) is 16.9 Å². The van der Waals surface area contributed by atoms with E-state index in [0.717, 1.165) is 17.4 Å². The van der Waals surface area contributed by atoms with Crippen molar-refractivity contribution in [1.29, 1.82) is 0 Å². The summed E-state index contributed by atoms with van der Waals surface area (Å²) in [4.78, 5) is 71.5. The van der Waals surface area contributed by atoms with Gasteiger partial charge in [0.25, 0.3) is 5.56 Å². The van der Waals surface area contributed by atoms with Crippen molar-refractivity contribution < 1.29 is 19.1 Å². The number of carbonyl (C=O) groups is 3. The van der Waals surface area contributed by atoms with Gasteiger partial charge in [-0.05, 0) is 52.7 Å². The zero-order valence-electron chi connectivity index (χ0n) is 25.5. The Morgan fingerprint density at radius 1 is 1.14 bits per heavy atom. The zero-order valence-corrected chi connectivity index (χ0v) is 25.5. The largest absolute Gasteiger partial charge is 0.444 e. The average Bonchev–Trinajstić information content (AvgIpc) is 3.31. The normalized spacial score (nSPS) is 15.6. The topological polar surface area (TPSA) is 150 Å². The van der Waals surface area contributed by atoms with Crippen molar-refractivity contribution in [2.45, 2.75) is 72.2 Å². The second-order valence-electron chi connectivity index (χ2n) is 11.6. The summed E-state index contributed by atoms with van der Waals surface area (Å²) >= 11 is 0. The van der Waals surface area contributed by atoms with Gasteiger partial charge in [0.1, 0.15) is 5.60 Å². The first-order valence-electron chi connectivity index (χ1n) is 14.3. The highest BCUT2D eigenvalue weighted by atomic mass is 16.6. The number of carbonyl (C=O) groups excluding carboxylic acids is 3. The summed E-state index contributed by atoms with van der Waals surface area (Å²) in [7, 11) is 1.51. The first-order valence-corrected chi connectivity index (χ1v) is 14.3. The molecule has 1 fully saturated rings. The second kappa shape index (κ2) is 12.7. The van der Waals surface area contributed by atoms with Gasteiger partial charge >= 0.3 is 11.8 Å². The van der Waals surface area contributed by atoms with Crippen LogP contribution in [0.1, 0.15) is 57.8 Å². The number of amides is 2. The second-order valence-corrected chi connectivity index (χ2v) is 11.6. The summed E-state index contributed by atoms with van der Waals surface area (Å²) in [5.41, 5.74) is -1.10. The quantitative estimate of drug-likeness (QED) is 0.299. The number of Topliss-reactive ketones (excluding diaryl/α,β-unsaturated/α-hetero) is 1. The Labute approximate surface area is 249 Å². The Hall–Kier alpha value is -4.68. The minimum atomic E-state index is -0.687. The molecule has 2 aromatic heterocycles. The number of anilines is 2. The van der Waals surface area contributed by atoms with Crippen molar-refractivity contribution in [1.82, 2.24) is 24.0 Å². The maximum absolute atomic E-state index is 13.9. The van der Waals surface area contributed by atoms with E-state index in [1.165, 1.54) is 24.6 Å². The van der Waals surface area contributed by atoms with Crippen LogP contribution in [0.25, 0.3) is 11.2 Å². The third-order valence-electron chi connectivity index (χ3n) is 7.00. The molecule has 0 unspecified atom stereocenters. The predicted octanol–water partition coefficient (Wildman–Crippen LogP) is 2.81. The van der Waals surface area contributed by atoms with Gasteiger partial charge in [-0.1, -0.05) is 24.3 Å². The maximum Gasteiger partial charge on any atom is 0.407 e. The van der Waals surface area contributed by atoms with Crippen molar-refractivity contribution in [2.24, 2.45) is 7.05 Å². The summed E-state index contributed by atoms with van der Waals surface area (Å²) < 4.78 is 9.32. The molecule has 3 aromatic rings. The highest BCUT2D eigenvalue weighted by molar-refractivity contribution is 6.04. The number of hydrogen-bond donors (Lipinski definition) is 2. The number of aryl methyl sites for hydroxylation is 1. The number of benzene rings is 1. The third-order valence-corrected chi connectivity index (χ3v) is 7.00. The lowest BCUT2D eigenvalue weighted by Crippen LogP contribution is -2.49. The predicted molar refractivity (Wildman–Crippen MR) is 164 cm³/mol. The van der Waals surface area contributed by atoms with E-state index < -0.39 is 35.3 Å². The number of ketones is 1. The summed E-state index contributed by atoms with van der Waals surface area (Å²) in [5.74, 6) is -0.373. The lowest BCUT2D eigenvalue weighted by atomic mass is 10.1. The summed E-state index contributed by atoms with van der Waals surface area (Å²) in [5, 5.41) is 5.54. The van der Waals surface area contributed by atoms with Crippen LogP contribution in [0.15, 0.2) is 46.0 Å². The van der Waals surface area contributed by atoms with Gasteiger partial charge in [-0.15, -0.1) is 0 Å². The minimum Gasteiger partial charge on any atom is -0.444 e. The van der Waals surface area contributed by atoms with Crippen molar-refractivity contribution >= 4 is 40.6 Å². The smallest absolute Gasteiger partial charge is 0.407 e. The molecule has 0 bridgehead atoms. The zero-order chi connectivity index (χ0) is 31.5. The molecule has 1 aliphatic heterocycles. The molecule has 13 heteroatoms. The minimum absolute atomic E-state index is 0.181. The highest BCUT2D eigenvalue weighted by Gasteiger charge is 2.29. The molecule has 4 rings (SSSR count). The highest BCUT2D eigenvalue weighted by Crippen LogP contribution is 2.24. The molecule has 1 aromatic carbocycles. The fraction of sp³-hybridized carbons (Fsp3) is 0.467. The van der Waals surface area contributed by atoms with E-state index in [-0.39, 0.29) is 28.7 Å². The van der Waals surface area contributed by atoms with Crippen molar-refractivity contribution in [3.05, 3.63) is 62.8 Å². The Morgan fingerprint density at radius 2 is 1.86 bits per heavy atom. The van der Waals surface area contributed by atoms with E-state index in [0.29, 0.717) is 31.3 Å². The van der Waals surface area contributed by atoms with E-state index in [1.54, 1.807) is 43.5 Å². The van der Waals surface area contributed by atoms with Crippen LogP contribution in [0.4, 0.5) is 16.4 Å². The van der Waals surface area contributed by atoms with Gasteiger partial charge in [-0.2, -0.15) is 4.98 Å². The third kappa shape index (κ3) is 7.04. The van der Waals surface area contributed by atoms with E-state index in [1.807, 2.05) is 24.0 Å². The molecule has 1 saturated heterocycles. The molecule has 0 aliphatic carbocycles. The number of alkyl carbamates (subject to hydrolysis) is 1. The number of ether oxygens (including phenoxy) is 1. The van der Waals surface area contributed by atoms with Crippen LogP contribution in [-0.2, 0) is 29.7 Å². The van der Waals surface area contributed by atoms with Crippen LogP contribution in [0, 0.1) is 0 Å². The van der Waals surface area contributed by atoms with Crippen molar-refractivity contribution in [2.75, 3.05) is 23.3 Å². The van der Waals surface area contributed by atoms with Gasteiger partial charge in [0.05, 0.1) is 12.2 Å². The fourth-order valence-electron chi connectivity index (χ4n) is 5.13. The van der Waals surface area contributed by atoms with Crippen LogP contribution in [0.3, 0.4) is 0 Å². The lowest BCUT2D eigenvalue weighted by Gasteiger charge is -2.34. The Balaban J connectivity index is 1.74. The molecule has 2 N–H and O–H groups in total. The molecule has 1 atom stereocenters. The lowest BCUT2D eigenvalue weighted by molar-refractivity contribution is -0.114. The summed E-state index contributed by atoms with van der Waals surface area (Å²) in [6.45, 7) is 9.44. The first kappa shape index (κ1) is 31.3.